The molecular weight excluding hydrogens is 240 g/mol. The third-order valence-corrected chi connectivity index (χ3v) is 3.66. The lowest BCUT2D eigenvalue weighted by Crippen LogP contribution is -2.22. The molecule has 19 heavy (non-hydrogen) atoms. The number of imidazole rings is 1. The molecule has 0 amide bonds. The Morgan fingerprint density at radius 2 is 2.11 bits per heavy atom. The number of nitrogens with one attached hydrogen (secondary N) is 1. The number of nitrogens with zero attached hydrogens (tertiary/aromatic N) is 3. The summed E-state index contributed by atoms with van der Waals surface area (Å²) in [6.07, 6.45) is 7.49. The summed E-state index contributed by atoms with van der Waals surface area (Å²) >= 11 is 0. The van der Waals surface area contributed by atoms with Crippen LogP contribution in [0.25, 0.3) is 11.5 Å². The minimum absolute atomic E-state index is 0.0104. The van der Waals surface area contributed by atoms with Gasteiger partial charge in [-0.1, -0.05) is 0 Å². The summed E-state index contributed by atoms with van der Waals surface area (Å²) in [5.41, 5.74) is 2.71. The van der Waals surface area contributed by atoms with E-state index in [1.165, 1.54) is 0 Å². The Morgan fingerprint density at radius 1 is 1.32 bits per heavy atom. The Morgan fingerprint density at radius 3 is 2.89 bits per heavy atom. The summed E-state index contributed by atoms with van der Waals surface area (Å²) in [6, 6.07) is 0.291. The first kappa shape index (κ1) is 12.1. The molecule has 0 unspecified atom stereocenters. The lowest BCUT2D eigenvalue weighted by atomic mass is 9.97. The second kappa shape index (κ2) is 4.64. The minimum Gasteiger partial charge on any atom is -0.326 e. The van der Waals surface area contributed by atoms with Crippen LogP contribution in [0, 0.1) is 0 Å². The summed E-state index contributed by atoms with van der Waals surface area (Å²) in [4.78, 5) is 23.8. The topological polar surface area (TPSA) is 63.6 Å². The van der Waals surface area contributed by atoms with Gasteiger partial charge >= 0.3 is 0 Å². The van der Waals surface area contributed by atoms with Crippen LogP contribution >= 0.6 is 0 Å². The molecule has 0 saturated heterocycles. The molecule has 5 heteroatoms. The van der Waals surface area contributed by atoms with Gasteiger partial charge in [0.2, 0.25) is 0 Å². The first-order valence-electron chi connectivity index (χ1n) is 6.81. The maximum absolute atomic E-state index is 12.1. The maximum Gasteiger partial charge on any atom is 0.254 e. The Bertz CT molecular complexity index is 654. The van der Waals surface area contributed by atoms with Crippen LogP contribution < -0.4 is 5.56 Å². The highest BCUT2D eigenvalue weighted by atomic mass is 16.1. The van der Waals surface area contributed by atoms with Crippen LogP contribution in [0.1, 0.15) is 44.0 Å². The molecule has 1 aliphatic carbocycles. The first-order valence-corrected chi connectivity index (χ1v) is 6.81. The van der Waals surface area contributed by atoms with E-state index in [9.17, 15) is 4.79 Å². The molecule has 0 aromatic carbocycles. The summed E-state index contributed by atoms with van der Waals surface area (Å²) in [7, 11) is 0. The highest BCUT2D eigenvalue weighted by Crippen LogP contribution is 2.21. The van der Waals surface area contributed by atoms with Crippen molar-refractivity contribution in [3.8, 4) is 11.5 Å². The van der Waals surface area contributed by atoms with Crippen molar-refractivity contribution >= 4 is 0 Å². The van der Waals surface area contributed by atoms with E-state index in [4.69, 9.17) is 0 Å². The maximum atomic E-state index is 12.1. The van der Waals surface area contributed by atoms with Crippen molar-refractivity contribution in [3.05, 3.63) is 34.1 Å². The third-order valence-electron chi connectivity index (χ3n) is 3.66. The van der Waals surface area contributed by atoms with Gasteiger partial charge in [-0.2, -0.15) is 0 Å². The molecule has 0 bridgehead atoms. The SMILES string of the molecule is CC(C)n1cncc1-c1nc2c(c(=O)[nH]1)CCCC2. The fourth-order valence-electron chi connectivity index (χ4n) is 2.62. The van der Waals surface area contributed by atoms with E-state index in [1.807, 2.05) is 4.57 Å². The average Bonchev–Trinajstić information content (AvgIpc) is 2.88. The first-order chi connectivity index (χ1) is 9.16. The van der Waals surface area contributed by atoms with Crippen molar-refractivity contribution < 1.29 is 0 Å². The van der Waals surface area contributed by atoms with Gasteiger partial charge in [-0.05, 0) is 39.5 Å². The molecular formula is C14H18N4O. The van der Waals surface area contributed by atoms with Crippen LogP contribution in [-0.2, 0) is 12.8 Å². The third kappa shape index (κ3) is 2.09. The van der Waals surface area contributed by atoms with Crippen LogP contribution in [0.3, 0.4) is 0 Å². The zero-order chi connectivity index (χ0) is 13.4. The lowest BCUT2D eigenvalue weighted by molar-refractivity contribution is 0.601. The monoisotopic (exact) mass is 258 g/mol. The van der Waals surface area contributed by atoms with E-state index in [0.717, 1.165) is 42.6 Å². The van der Waals surface area contributed by atoms with Gasteiger partial charge in [-0.3, -0.25) is 4.79 Å². The summed E-state index contributed by atoms with van der Waals surface area (Å²) in [5, 5.41) is 0. The van der Waals surface area contributed by atoms with Crippen molar-refractivity contribution in [2.75, 3.05) is 0 Å². The molecule has 2 heterocycles. The van der Waals surface area contributed by atoms with Crippen molar-refractivity contribution in [1.29, 1.82) is 0 Å². The van der Waals surface area contributed by atoms with Gasteiger partial charge in [0.05, 0.1) is 18.2 Å². The van der Waals surface area contributed by atoms with Gasteiger partial charge < -0.3 is 9.55 Å². The quantitative estimate of drug-likeness (QED) is 0.897. The summed E-state index contributed by atoms with van der Waals surface area (Å²) in [6.45, 7) is 4.17. The molecule has 0 fully saturated rings. The standard InChI is InChI=1S/C14H18N4O/c1-9(2)18-8-15-7-12(18)13-16-11-6-4-3-5-10(11)14(19)17-13/h7-9H,3-6H2,1-2H3,(H,16,17,19). The number of aromatic nitrogens is 4. The predicted molar refractivity (Wildman–Crippen MR) is 73.1 cm³/mol. The lowest BCUT2D eigenvalue weighted by Gasteiger charge is -2.16. The summed E-state index contributed by atoms with van der Waals surface area (Å²) < 4.78 is 2.02. The molecule has 2 aromatic heterocycles. The Kier molecular flexibility index (Phi) is 2.97. The molecule has 1 aliphatic rings. The number of rotatable bonds is 2. The minimum atomic E-state index is 0.0104. The van der Waals surface area contributed by atoms with E-state index >= 15 is 0 Å². The Balaban J connectivity index is 2.13. The van der Waals surface area contributed by atoms with E-state index in [1.54, 1.807) is 12.5 Å². The number of fused-ring (bicyclic) bond motifs is 1. The molecule has 0 saturated carbocycles. The van der Waals surface area contributed by atoms with Crippen LogP contribution in [0.4, 0.5) is 0 Å². The Labute approximate surface area is 111 Å². The van der Waals surface area contributed by atoms with Crippen molar-refractivity contribution in [2.45, 2.75) is 45.6 Å². The van der Waals surface area contributed by atoms with Gasteiger partial charge in [-0.25, -0.2) is 9.97 Å². The van der Waals surface area contributed by atoms with Crippen LogP contribution in [-0.4, -0.2) is 19.5 Å². The zero-order valence-electron chi connectivity index (χ0n) is 11.3. The van der Waals surface area contributed by atoms with Crippen LogP contribution in [0.15, 0.2) is 17.3 Å². The molecule has 5 nitrogen and oxygen atoms in total. The van der Waals surface area contributed by atoms with E-state index < -0.39 is 0 Å². The second-order valence-electron chi connectivity index (χ2n) is 5.33. The number of hydrogen-bond donors (Lipinski definition) is 1. The van der Waals surface area contributed by atoms with Gasteiger partial charge in [0.15, 0.2) is 5.82 Å². The van der Waals surface area contributed by atoms with Crippen molar-refractivity contribution in [2.24, 2.45) is 0 Å². The van der Waals surface area contributed by atoms with Gasteiger partial charge in [0.1, 0.15) is 5.69 Å². The van der Waals surface area contributed by atoms with E-state index in [0.29, 0.717) is 11.9 Å². The number of hydrogen-bond acceptors (Lipinski definition) is 3. The highest BCUT2D eigenvalue weighted by Gasteiger charge is 2.18. The molecule has 0 aliphatic heterocycles. The molecule has 1 N–H and O–H groups in total. The normalized spacial score (nSPS) is 14.7. The Hall–Kier alpha value is -1.91. The number of aryl methyl sites for hydroxylation is 1. The molecule has 100 valence electrons. The molecule has 0 spiro atoms. The predicted octanol–water partition coefficient (Wildman–Crippen LogP) is 2.09. The fourth-order valence-corrected chi connectivity index (χ4v) is 2.62. The molecule has 3 rings (SSSR count). The zero-order valence-corrected chi connectivity index (χ0v) is 11.3. The van der Waals surface area contributed by atoms with Crippen molar-refractivity contribution in [1.82, 2.24) is 19.5 Å². The number of H-pyrrole nitrogens is 1. The van der Waals surface area contributed by atoms with E-state index in [-0.39, 0.29) is 5.56 Å². The largest absolute Gasteiger partial charge is 0.326 e. The second-order valence-corrected chi connectivity index (χ2v) is 5.33. The van der Waals surface area contributed by atoms with Crippen molar-refractivity contribution in [3.63, 3.8) is 0 Å². The number of aromatic amines is 1. The van der Waals surface area contributed by atoms with E-state index in [2.05, 4.69) is 28.8 Å². The van der Waals surface area contributed by atoms with Crippen LogP contribution in [0.2, 0.25) is 0 Å². The van der Waals surface area contributed by atoms with Gasteiger partial charge in [0, 0.05) is 11.6 Å². The van der Waals surface area contributed by atoms with Gasteiger partial charge in [-0.15, -0.1) is 0 Å². The highest BCUT2D eigenvalue weighted by molar-refractivity contribution is 5.49. The average molecular weight is 258 g/mol. The van der Waals surface area contributed by atoms with Crippen LogP contribution in [0.5, 0.6) is 0 Å². The molecule has 0 atom stereocenters. The molecule has 2 aromatic rings. The fraction of sp³-hybridized carbons (Fsp3) is 0.500. The van der Waals surface area contributed by atoms with Gasteiger partial charge in [0.25, 0.3) is 5.56 Å². The summed E-state index contributed by atoms with van der Waals surface area (Å²) in [5.74, 6) is 0.636. The molecule has 0 radical (unpaired) electrons. The smallest absolute Gasteiger partial charge is 0.254 e.